The van der Waals surface area contributed by atoms with Crippen molar-refractivity contribution >= 4 is 21.6 Å². The van der Waals surface area contributed by atoms with E-state index >= 15 is 0 Å². The van der Waals surface area contributed by atoms with E-state index in [0.717, 1.165) is 4.47 Å². The zero-order valence-electron chi connectivity index (χ0n) is 9.81. The van der Waals surface area contributed by atoms with E-state index in [9.17, 15) is 0 Å². The Labute approximate surface area is 101 Å². The van der Waals surface area contributed by atoms with Crippen LogP contribution in [0, 0.1) is 6.92 Å². The monoisotopic (exact) mass is 269 g/mol. The molecule has 1 unspecified atom stereocenters. The average Bonchev–Trinajstić information content (AvgIpc) is 2.19. The Hall–Kier alpha value is -0.500. The highest BCUT2D eigenvalue weighted by Gasteiger charge is 2.03. The van der Waals surface area contributed by atoms with Gasteiger partial charge in [-0.2, -0.15) is 0 Å². The van der Waals surface area contributed by atoms with Gasteiger partial charge in [0.15, 0.2) is 0 Å². The highest BCUT2D eigenvalue weighted by Crippen LogP contribution is 2.21. The smallest absolute Gasteiger partial charge is 0.0372 e. The summed E-state index contributed by atoms with van der Waals surface area (Å²) in [5.41, 5.74) is 2.55. The summed E-state index contributed by atoms with van der Waals surface area (Å²) in [7, 11) is 0. The van der Waals surface area contributed by atoms with Gasteiger partial charge in [0.25, 0.3) is 0 Å². The first-order valence-electron chi connectivity index (χ1n) is 5.66. The average molecular weight is 270 g/mol. The predicted octanol–water partition coefficient (Wildman–Crippen LogP) is 4.75. The fraction of sp³-hybridized carbons (Fsp3) is 0.538. The van der Waals surface area contributed by atoms with Crippen LogP contribution < -0.4 is 5.32 Å². The van der Waals surface area contributed by atoms with Crippen LogP contribution in [0.15, 0.2) is 22.7 Å². The lowest BCUT2D eigenvalue weighted by molar-refractivity contribution is 0.645. The van der Waals surface area contributed by atoms with Crippen molar-refractivity contribution in [2.45, 2.75) is 46.1 Å². The van der Waals surface area contributed by atoms with Gasteiger partial charge < -0.3 is 5.32 Å². The molecule has 0 aromatic heterocycles. The standard InChI is InChI=1S/C13H20BrN/c1-4-5-6-11(3)15-13-8-7-12(14)9-10(13)2/h7-9,11,15H,4-6H2,1-3H3. The van der Waals surface area contributed by atoms with Crippen LogP contribution in [0.1, 0.15) is 38.7 Å². The van der Waals surface area contributed by atoms with E-state index in [-0.39, 0.29) is 0 Å². The topological polar surface area (TPSA) is 12.0 Å². The molecule has 84 valence electrons. The number of rotatable bonds is 5. The summed E-state index contributed by atoms with van der Waals surface area (Å²) in [4.78, 5) is 0. The quantitative estimate of drug-likeness (QED) is 0.814. The molecule has 0 bridgehead atoms. The summed E-state index contributed by atoms with van der Waals surface area (Å²) in [6, 6.07) is 6.93. The van der Waals surface area contributed by atoms with Gasteiger partial charge in [-0.3, -0.25) is 0 Å². The molecule has 1 rings (SSSR count). The lowest BCUT2D eigenvalue weighted by Gasteiger charge is -2.16. The third-order valence-corrected chi connectivity index (χ3v) is 3.07. The van der Waals surface area contributed by atoms with Crippen LogP contribution in [-0.2, 0) is 0 Å². The fourth-order valence-corrected chi connectivity index (χ4v) is 2.11. The molecule has 0 saturated heterocycles. The van der Waals surface area contributed by atoms with Gasteiger partial charge in [0.1, 0.15) is 0 Å². The van der Waals surface area contributed by atoms with E-state index in [1.807, 2.05) is 0 Å². The number of aryl methyl sites for hydroxylation is 1. The lowest BCUT2D eigenvalue weighted by atomic mass is 10.1. The van der Waals surface area contributed by atoms with Crippen molar-refractivity contribution in [3.8, 4) is 0 Å². The molecule has 0 amide bonds. The van der Waals surface area contributed by atoms with Crippen molar-refractivity contribution < 1.29 is 0 Å². The SMILES string of the molecule is CCCCC(C)Nc1ccc(Br)cc1C. The molecule has 0 heterocycles. The minimum absolute atomic E-state index is 0.560. The number of nitrogens with one attached hydrogen (secondary N) is 1. The van der Waals surface area contributed by atoms with Gasteiger partial charge in [-0.05, 0) is 44.0 Å². The molecule has 1 aromatic rings. The molecule has 0 fully saturated rings. The molecule has 0 aliphatic heterocycles. The van der Waals surface area contributed by atoms with Crippen molar-refractivity contribution in [2.24, 2.45) is 0 Å². The summed E-state index contributed by atoms with van der Waals surface area (Å²) in [6.45, 7) is 6.62. The zero-order valence-corrected chi connectivity index (χ0v) is 11.4. The Morgan fingerprint density at radius 1 is 1.40 bits per heavy atom. The number of halogens is 1. The van der Waals surface area contributed by atoms with Crippen LogP contribution in [0.5, 0.6) is 0 Å². The Morgan fingerprint density at radius 3 is 2.73 bits per heavy atom. The zero-order chi connectivity index (χ0) is 11.3. The largest absolute Gasteiger partial charge is 0.382 e. The van der Waals surface area contributed by atoms with Crippen molar-refractivity contribution in [3.63, 3.8) is 0 Å². The number of unbranched alkanes of at least 4 members (excludes halogenated alkanes) is 1. The summed E-state index contributed by atoms with van der Waals surface area (Å²) < 4.78 is 1.15. The van der Waals surface area contributed by atoms with Gasteiger partial charge >= 0.3 is 0 Å². The third-order valence-electron chi connectivity index (χ3n) is 2.58. The molecule has 0 aliphatic carbocycles. The molecular formula is C13H20BrN. The van der Waals surface area contributed by atoms with Gasteiger partial charge in [0, 0.05) is 16.2 Å². The van der Waals surface area contributed by atoms with Crippen molar-refractivity contribution in [3.05, 3.63) is 28.2 Å². The molecule has 1 aromatic carbocycles. The molecule has 1 nitrogen and oxygen atoms in total. The highest BCUT2D eigenvalue weighted by atomic mass is 79.9. The molecule has 0 aliphatic rings. The fourth-order valence-electron chi connectivity index (χ4n) is 1.64. The Kier molecular flexibility index (Phi) is 5.16. The first kappa shape index (κ1) is 12.6. The second kappa shape index (κ2) is 6.16. The van der Waals surface area contributed by atoms with E-state index in [1.165, 1.54) is 30.5 Å². The summed E-state index contributed by atoms with van der Waals surface area (Å²) in [6.07, 6.45) is 3.81. The van der Waals surface area contributed by atoms with Crippen molar-refractivity contribution in [1.29, 1.82) is 0 Å². The maximum absolute atomic E-state index is 3.55. The van der Waals surface area contributed by atoms with Crippen LogP contribution in [0.4, 0.5) is 5.69 Å². The van der Waals surface area contributed by atoms with Gasteiger partial charge in [-0.1, -0.05) is 35.7 Å². The third kappa shape index (κ3) is 4.25. The van der Waals surface area contributed by atoms with Crippen LogP contribution in [0.3, 0.4) is 0 Å². The molecule has 0 saturated carbocycles. The first-order chi connectivity index (χ1) is 7.13. The van der Waals surface area contributed by atoms with Crippen LogP contribution >= 0.6 is 15.9 Å². The van der Waals surface area contributed by atoms with Crippen LogP contribution in [-0.4, -0.2) is 6.04 Å². The number of hydrogen-bond acceptors (Lipinski definition) is 1. The van der Waals surface area contributed by atoms with E-state index in [4.69, 9.17) is 0 Å². The van der Waals surface area contributed by atoms with Crippen molar-refractivity contribution in [1.82, 2.24) is 0 Å². The molecule has 1 atom stereocenters. The molecular weight excluding hydrogens is 250 g/mol. The Balaban J connectivity index is 2.56. The number of anilines is 1. The Morgan fingerprint density at radius 2 is 2.13 bits per heavy atom. The van der Waals surface area contributed by atoms with Crippen LogP contribution in [0.25, 0.3) is 0 Å². The van der Waals surface area contributed by atoms with E-state index in [2.05, 4.69) is 60.2 Å². The van der Waals surface area contributed by atoms with E-state index in [1.54, 1.807) is 0 Å². The van der Waals surface area contributed by atoms with E-state index in [0.29, 0.717) is 6.04 Å². The molecule has 0 spiro atoms. The van der Waals surface area contributed by atoms with E-state index < -0.39 is 0 Å². The van der Waals surface area contributed by atoms with Crippen molar-refractivity contribution in [2.75, 3.05) is 5.32 Å². The second-order valence-corrected chi connectivity index (χ2v) is 5.06. The molecule has 1 N–H and O–H groups in total. The minimum Gasteiger partial charge on any atom is -0.382 e. The normalized spacial score (nSPS) is 12.5. The number of hydrogen-bond donors (Lipinski definition) is 1. The van der Waals surface area contributed by atoms with Gasteiger partial charge in [0.2, 0.25) is 0 Å². The van der Waals surface area contributed by atoms with Gasteiger partial charge in [0.05, 0.1) is 0 Å². The maximum Gasteiger partial charge on any atom is 0.0372 e. The van der Waals surface area contributed by atoms with Crippen LogP contribution in [0.2, 0.25) is 0 Å². The summed E-state index contributed by atoms with van der Waals surface area (Å²) in [5, 5.41) is 3.55. The minimum atomic E-state index is 0.560. The summed E-state index contributed by atoms with van der Waals surface area (Å²) in [5.74, 6) is 0. The van der Waals surface area contributed by atoms with Gasteiger partial charge in [-0.15, -0.1) is 0 Å². The lowest BCUT2D eigenvalue weighted by Crippen LogP contribution is -2.15. The highest BCUT2D eigenvalue weighted by molar-refractivity contribution is 9.10. The van der Waals surface area contributed by atoms with Gasteiger partial charge in [-0.25, -0.2) is 0 Å². The first-order valence-corrected chi connectivity index (χ1v) is 6.45. The number of benzene rings is 1. The molecule has 2 heteroatoms. The summed E-state index contributed by atoms with van der Waals surface area (Å²) >= 11 is 3.48. The second-order valence-electron chi connectivity index (χ2n) is 4.15. The maximum atomic E-state index is 3.55. The molecule has 0 radical (unpaired) electrons. The Bertz CT molecular complexity index is 309. The molecule has 15 heavy (non-hydrogen) atoms. The predicted molar refractivity (Wildman–Crippen MR) is 71.5 cm³/mol.